The molecular formula is C21H14Cl2N2. The monoisotopic (exact) mass is 364 g/mol. The first-order valence-corrected chi connectivity index (χ1v) is 8.71. The van der Waals surface area contributed by atoms with Gasteiger partial charge in [0.05, 0.1) is 22.8 Å². The summed E-state index contributed by atoms with van der Waals surface area (Å²) in [6.45, 7) is 0. The van der Waals surface area contributed by atoms with Crippen molar-refractivity contribution in [1.82, 2.24) is 0 Å². The highest BCUT2D eigenvalue weighted by Crippen LogP contribution is 2.29. The zero-order valence-corrected chi connectivity index (χ0v) is 14.8. The van der Waals surface area contributed by atoms with E-state index in [4.69, 9.17) is 33.2 Å². The van der Waals surface area contributed by atoms with E-state index < -0.39 is 0 Å². The Balaban J connectivity index is 1.78. The summed E-state index contributed by atoms with van der Waals surface area (Å²) in [4.78, 5) is 9.59. The second kappa shape index (κ2) is 6.83. The maximum Gasteiger partial charge on any atom is 0.0648 e. The van der Waals surface area contributed by atoms with E-state index in [9.17, 15) is 0 Å². The van der Waals surface area contributed by atoms with Gasteiger partial charge in [0.2, 0.25) is 0 Å². The Labute approximate surface area is 156 Å². The fourth-order valence-electron chi connectivity index (χ4n) is 2.94. The molecule has 0 saturated carbocycles. The Kier molecular flexibility index (Phi) is 4.39. The molecule has 3 aromatic rings. The van der Waals surface area contributed by atoms with Crippen LogP contribution in [0.1, 0.15) is 17.5 Å². The minimum atomic E-state index is 0.679. The Hall–Kier alpha value is -2.42. The van der Waals surface area contributed by atoms with Gasteiger partial charge in [-0.15, -0.1) is 0 Å². The normalized spacial score (nSPS) is 16.4. The first kappa shape index (κ1) is 16.1. The number of fused-ring (bicyclic) bond motifs is 1. The van der Waals surface area contributed by atoms with Gasteiger partial charge in [0.25, 0.3) is 0 Å². The molecule has 0 aliphatic heterocycles. The summed E-state index contributed by atoms with van der Waals surface area (Å²) in [7, 11) is 0. The molecular weight excluding hydrogens is 351 g/mol. The second-order valence-corrected chi connectivity index (χ2v) is 6.67. The molecule has 0 aromatic heterocycles. The van der Waals surface area contributed by atoms with Gasteiger partial charge in [0.15, 0.2) is 0 Å². The third-order valence-corrected chi connectivity index (χ3v) is 4.50. The molecule has 0 N–H and O–H groups in total. The van der Waals surface area contributed by atoms with Gasteiger partial charge in [-0.05, 0) is 36.4 Å². The molecule has 1 aliphatic rings. The summed E-state index contributed by atoms with van der Waals surface area (Å²) in [5, 5.41) is 1.36. The van der Waals surface area contributed by atoms with Gasteiger partial charge < -0.3 is 0 Å². The summed E-state index contributed by atoms with van der Waals surface area (Å²) in [5.74, 6) is 0. The molecule has 0 bridgehead atoms. The van der Waals surface area contributed by atoms with Gasteiger partial charge >= 0.3 is 0 Å². The third-order valence-electron chi connectivity index (χ3n) is 4.03. The summed E-state index contributed by atoms with van der Waals surface area (Å²) in [6.07, 6.45) is 0.679. The lowest BCUT2D eigenvalue weighted by atomic mass is 10.1. The van der Waals surface area contributed by atoms with E-state index >= 15 is 0 Å². The minimum Gasteiger partial charge on any atom is -0.252 e. The minimum absolute atomic E-state index is 0.679. The Bertz CT molecular complexity index is 926. The molecule has 25 heavy (non-hydrogen) atoms. The van der Waals surface area contributed by atoms with Crippen molar-refractivity contribution < 1.29 is 0 Å². The van der Waals surface area contributed by atoms with Crippen LogP contribution in [0.15, 0.2) is 82.8 Å². The van der Waals surface area contributed by atoms with Crippen LogP contribution in [0.4, 0.5) is 11.4 Å². The number of nitrogens with zero attached hydrogens (tertiary/aromatic N) is 2. The van der Waals surface area contributed by atoms with Crippen molar-refractivity contribution in [2.75, 3.05) is 0 Å². The van der Waals surface area contributed by atoms with Crippen molar-refractivity contribution in [2.45, 2.75) is 6.42 Å². The zero-order chi connectivity index (χ0) is 17.2. The number of aliphatic imine (C=N–C) groups is 2. The third kappa shape index (κ3) is 3.51. The fraction of sp³-hybridized carbons (Fsp3) is 0.0476. The molecule has 0 saturated heterocycles. The van der Waals surface area contributed by atoms with Crippen molar-refractivity contribution in [3.8, 4) is 0 Å². The van der Waals surface area contributed by atoms with Crippen LogP contribution in [0.2, 0.25) is 10.0 Å². The Morgan fingerprint density at radius 3 is 1.52 bits per heavy atom. The molecule has 0 spiro atoms. The van der Waals surface area contributed by atoms with E-state index in [1.165, 1.54) is 0 Å². The largest absolute Gasteiger partial charge is 0.252 e. The standard InChI is InChI=1S/C21H14Cl2N2/c22-14-5-3-7-16(11-14)24-20-13-21(19-10-2-1-9-18(19)20)25-17-8-4-6-15(23)12-17/h1-12H,13H2. The summed E-state index contributed by atoms with van der Waals surface area (Å²) in [6, 6.07) is 23.3. The highest BCUT2D eigenvalue weighted by atomic mass is 35.5. The van der Waals surface area contributed by atoms with Crippen LogP contribution in [0.5, 0.6) is 0 Å². The molecule has 2 nitrogen and oxygen atoms in total. The molecule has 122 valence electrons. The van der Waals surface area contributed by atoms with Crippen LogP contribution in [0, 0.1) is 0 Å². The van der Waals surface area contributed by atoms with Crippen LogP contribution in [0.25, 0.3) is 0 Å². The lowest BCUT2D eigenvalue weighted by Crippen LogP contribution is -1.95. The van der Waals surface area contributed by atoms with E-state index in [-0.39, 0.29) is 0 Å². The average Bonchev–Trinajstić information content (AvgIpc) is 2.93. The molecule has 4 heteroatoms. The highest BCUT2D eigenvalue weighted by Gasteiger charge is 2.23. The molecule has 1 aliphatic carbocycles. The van der Waals surface area contributed by atoms with Crippen LogP contribution < -0.4 is 0 Å². The molecule has 0 radical (unpaired) electrons. The topological polar surface area (TPSA) is 24.7 Å². The number of hydrogen-bond acceptors (Lipinski definition) is 2. The fourth-order valence-corrected chi connectivity index (χ4v) is 3.31. The summed E-state index contributed by atoms with van der Waals surface area (Å²) < 4.78 is 0. The highest BCUT2D eigenvalue weighted by molar-refractivity contribution is 6.31. The second-order valence-electron chi connectivity index (χ2n) is 5.80. The van der Waals surface area contributed by atoms with E-state index in [0.29, 0.717) is 16.5 Å². The van der Waals surface area contributed by atoms with E-state index in [0.717, 1.165) is 33.9 Å². The van der Waals surface area contributed by atoms with Crippen LogP contribution >= 0.6 is 23.2 Å². The van der Waals surface area contributed by atoms with Crippen molar-refractivity contribution in [2.24, 2.45) is 9.98 Å². The number of hydrogen-bond donors (Lipinski definition) is 0. The van der Waals surface area contributed by atoms with Gasteiger partial charge in [-0.1, -0.05) is 59.6 Å². The van der Waals surface area contributed by atoms with E-state index in [1.54, 1.807) is 0 Å². The molecule has 0 atom stereocenters. The van der Waals surface area contributed by atoms with Crippen molar-refractivity contribution in [3.63, 3.8) is 0 Å². The maximum absolute atomic E-state index is 6.08. The molecule has 0 heterocycles. The van der Waals surface area contributed by atoms with Gasteiger partial charge in [-0.2, -0.15) is 0 Å². The number of halogens is 2. The molecule has 0 amide bonds. The summed E-state index contributed by atoms with van der Waals surface area (Å²) >= 11 is 12.2. The zero-order valence-electron chi connectivity index (χ0n) is 13.3. The molecule has 3 aromatic carbocycles. The number of benzene rings is 3. The quantitative estimate of drug-likeness (QED) is 0.486. The van der Waals surface area contributed by atoms with Crippen molar-refractivity contribution >= 4 is 46.0 Å². The molecule has 0 fully saturated rings. The van der Waals surface area contributed by atoms with Gasteiger partial charge in [-0.25, -0.2) is 0 Å². The first-order chi connectivity index (χ1) is 12.2. The smallest absolute Gasteiger partial charge is 0.0648 e. The SMILES string of the molecule is Clc1cccc(N=C2CC(=Nc3cccc(Cl)c3)c3ccccc32)c1. The number of rotatable bonds is 2. The van der Waals surface area contributed by atoms with E-state index in [2.05, 4.69) is 12.1 Å². The first-order valence-electron chi connectivity index (χ1n) is 7.95. The van der Waals surface area contributed by atoms with Gasteiger partial charge in [0.1, 0.15) is 0 Å². The van der Waals surface area contributed by atoms with Crippen LogP contribution in [-0.4, -0.2) is 11.4 Å². The Morgan fingerprint density at radius 2 is 1.08 bits per heavy atom. The van der Waals surface area contributed by atoms with Crippen molar-refractivity contribution in [3.05, 3.63) is 94.0 Å². The lowest BCUT2D eigenvalue weighted by Gasteiger charge is -2.00. The summed E-state index contributed by atoms with van der Waals surface area (Å²) in [5.41, 5.74) is 5.92. The molecule has 0 unspecified atom stereocenters. The van der Waals surface area contributed by atoms with Gasteiger partial charge in [-0.3, -0.25) is 9.98 Å². The predicted octanol–water partition coefficient (Wildman–Crippen LogP) is 6.64. The lowest BCUT2D eigenvalue weighted by molar-refractivity contribution is 1.44. The predicted molar refractivity (Wildman–Crippen MR) is 106 cm³/mol. The van der Waals surface area contributed by atoms with Crippen LogP contribution in [0.3, 0.4) is 0 Å². The van der Waals surface area contributed by atoms with Crippen molar-refractivity contribution in [1.29, 1.82) is 0 Å². The van der Waals surface area contributed by atoms with Gasteiger partial charge in [0, 0.05) is 27.6 Å². The maximum atomic E-state index is 6.08. The van der Waals surface area contributed by atoms with Crippen LogP contribution in [-0.2, 0) is 0 Å². The molecule has 4 rings (SSSR count). The average molecular weight is 365 g/mol. The van der Waals surface area contributed by atoms with E-state index in [1.807, 2.05) is 60.7 Å². The Morgan fingerprint density at radius 1 is 0.600 bits per heavy atom.